The lowest BCUT2D eigenvalue weighted by atomic mass is 10.1. The zero-order chi connectivity index (χ0) is 13.1. The van der Waals surface area contributed by atoms with E-state index >= 15 is 0 Å². The molecule has 0 amide bonds. The molecule has 1 unspecified atom stereocenters. The number of carboxylic acids is 1. The Bertz CT molecular complexity index is 206. The Hall–Kier alpha value is -0.610. The van der Waals surface area contributed by atoms with Crippen molar-refractivity contribution in [1.29, 1.82) is 0 Å². The maximum Gasteiger partial charge on any atom is 0.338 e. The van der Waals surface area contributed by atoms with Crippen LogP contribution in [0.25, 0.3) is 0 Å². The SMILES string of the molecule is CCCCCCCCOC(C)(COC)C(=O)O. The smallest absolute Gasteiger partial charge is 0.338 e. The zero-order valence-corrected chi connectivity index (χ0v) is 11.3. The third kappa shape index (κ3) is 7.34. The highest BCUT2D eigenvalue weighted by atomic mass is 16.6. The first-order valence-electron chi connectivity index (χ1n) is 6.43. The molecule has 0 radical (unpaired) electrons. The molecule has 0 saturated carbocycles. The van der Waals surface area contributed by atoms with Crippen molar-refractivity contribution in [2.75, 3.05) is 20.3 Å². The summed E-state index contributed by atoms with van der Waals surface area (Å²) in [5, 5.41) is 9.03. The van der Waals surface area contributed by atoms with Crippen LogP contribution in [0.15, 0.2) is 0 Å². The molecule has 4 nitrogen and oxygen atoms in total. The van der Waals surface area contributed by atoms with Crippen molar-refractivity contribution in [3.8, 4) is 0 Å². The number of methoxy groups -OCH3 is 1. The number of rotatable bonds is 11. The molecular formula is C13H26O4. The van der Waals surface area contributed by atoms with Gasteiger partial charge in [-0.2, -0.15) is 0 Å². The Morgan fingerprint density at radius 2 is 1.76 bits per heavy atom. The molecule has 0 aromatic rings. The average Bonchev–Trinajstić information content (AvgIpc) is 2.28. The monoisotopic (exact) mass is 246 g/mol. The topological polar surface area (TPSA) is 55.8 Å². The van der Waals surface area contributed by atoms with Gasteiger partial charge in [0.1, 0.15) is 0 Å². The van der Waals surface area contributed by atoms with Crippen LogP contribution in [0.3, 0.4) is 0 Å². The van der Waals surface area contributed by atoms with Crippen LogP contribution >= 0.6 is 0 Å². The van der Waals surface area contributed by atoms with Gasteiger partial charge in [0, 0.05) is 13.7 Å². The minimum Gasteiger partial charge on any atom is -0.479 e. The van der Waals surface area contributed by atoms with E-state index in [1.165, 1.54) is 32.8 Å². The summed E-state index contributed by atoms with van der Waals surface area (Å²) in [4.78, 5) is 11.0. The Kier molecular flexibility index (Phi) is 9.09. The van der Waals surface area contributed by atoms with Crippen LogP contribution in [0.1, 0.15) is 52.4 Å². The number of carbonyl (C=O) groups is 1. The van der Waals surface area contributed by atoms with E-state index in [1.54, 1.807) is 6.92 Å². The van der Waals surface area contributed by atoms with E-state index in [-0.39, 0.29) is 6.61 Å². The molecule has 102 valence electrons. The van der Waals surface area contributed by atoms with E-state index in [2.05, 4.69) is 6.92 Å². The average molecular weight is 246 g/mol. The van der Waals surface area contributed by atoms with E-state index in [9.17, 15) is 4.79 Å². The molecule has 0 heterocycles. The fourth-order valence-electron chi connectivity index (χ4n) is 1.62. The molecule has 4 heteroatoms. The van der Waals surface area contributed by atoms with Crippen molar-refractivity contribution < 1.29 is 19.4 Å². The van der Waals surface area contributed by atoms with Crippen molar-refractivity contribution in [2.45, 2.75) is 58.0 Å². The molecule has 0 aliphatic rings. The summed E-state index contributed by atoms with van der Waals surface area (Å²) in [5.74, 6) is -0.967. The molecular weight excluding hydrogens is 220 g/mol. The predicted octanol–water partition coefficient (Wildman–Crippen LogP) is 2.85. The second-order valence-electron chi connectivity index (χ2n) is 4.59. The van der Waals surface area contributed by atoms with Gasteiger partial charge in [0.2, 0.25) is 0 Å². The number of unbranched alkanes of at least 4 members (excludes halogenated alkanes) is 5. The summed E-state index contributed by atoms with van der Waals surface area (Å²) in [5.41, 5.74) is -1.21. The van der Waals surface area contributed by atoms with E-state index in [0.29, 0.717) is 6.61 Å². The third-order valence-corrected chi connectivity index (χ3v) is 2.79. The fraction of sp³-hybridized carbons (Fsp3) is 0.923. The minimum atomic E-state index is -1.21. The summed E-state index contributed by atoms with van der Waals surface area (Å²) in [6, 6.07) is 0. The normalized spacial score (nSPS) is 14.5. The van der Waals surface area contributed by atoms with Gasteiger partial charge in [-0.25, -0.2) is 4.79 Å². The lowest BCUT2D eigenvalue weighted by molar-refractivity contribution is -0.170. The molecule has 1 N–H and O–H groups in total. The van der Waals surface area contributed by atoms with Crippen LogP contribution in [-0.2, 0) is 14.3 Å². The first-order valence-corrected chi connectivity index (χ1v) is 6.43. The zero-order valence-electron chi connectivity index (χ0n) is 11.3. The second-order valence-corrected chi connectivity index (χ2v) is 4.59. The number of ether oxygens (including phenoxy) is 2. The molecule has 0 rings (SSSR count). The summed E-state index contributed by atoms with van der Waals surface area (Å²) in [6.07, 6.45) is 6.98. The Labute approximate surface area is 104 Å². The van der Waals surface area contributed by atoms with Gasteiger partial charge < -0.3 is 14.6 Å². The maximum atomic E-state index is 11.0. The molecule has 0 fully saturated rings. The van der Waals surface area contributed by atoms with Crippen molar-refractivity contribution >= 4 is 5.97 Å². The highest BCUT2D eigenvalue weighted by Crippen LogP contribution is 2.13. The van der Waals surface area contributed by atoms with Gasteiger partial charge in [-0.3, -0.25) is 0 Å². The van der Waals surface area contributed by atoms with E-state index in [0.717, 1.165) is 12.8 Å². The first kappa shape index (κ1) is 16.4. The van der Waals surface area contributed by atoms with E-state index in [1.807, 2.05) is 0 Å². The molecule has 0 aromatic carbocycles. The summed E-state index contributed by atoms with van der Waals surface area (Å²) in [6.45, 7) is 4.30. The van der Waals surface area contributed by atoms with Crippen molar-refractivity contribution in [2.24, 2.45) is 0 Å². The lowest BCUT2D eigenvalue weighted by Gasteiger charge is -2.24. The highest BCUT2D eigenvalue weighted by Gasteiger charge is 2.34. The molecule has 0 aliphatic heterocycles. The quantitative estimate of drug-likeness (QED) is 0.569. The fourth-order valence-corrected chi connectivity index (χ4v) is 1.62. The highest BCUT2D eigenvalue weighted by molar-refractivity contribution is 5.77. The van der Waals surface area contributed by atoms with Gasteiger partial charge in [0.05, 0.1) is 6.61 Å². The molecule has 0 bridgehead atoms. The Balaban J connectivity index is 3.65. The molecule has 17 heavy (non-hydrogen) atoms. The number of hydrogen-bond acceptors (Lipinski definition) is 3. The lowest BCUT2D eigenvalue weighted by Crippen LogP contribution is -2.43. The largest absolute Gasteiger partial charge is 0.479 e. The first-order chi connectivity index (χ1) is 8.06. The van der Waals surface area contributed by atoms with Gasteiger partial charge in [0.15, 0.2) is 5.60 Å². The molecule has 0 saturated heterocycles. The third-order valence-electron chi connectivity index (χ3n) is 2.79. The molecule has 0 spiro atoms. The van der Waals surface area contributed by atoms with Gasteiger partial charge in [-0.15, -0.1) is 0 Å². The summed E-state index contributed by atoms with van der Waals surface area (Å²) >= 11 is 0. The van der Waals surface area contributed by atoms with Crippen molar-refractivity contribution in [1.82, 2.24) is 0 Å². The molecule has 1 atom stereocenters. The Morgan fingerprint density at radius 3 is 2.29 bits per heavy atom. The number of carboxylic acid groups (broad SMARTS) is 1. The summed E-state index contributed by atoms with van der Waals surface area (Å²) < 4.78 is 10.3. The van der Waals surface area contributed by atoms with Gasteiger partial charge in [-0.1, -0.05) is 39.0 Å². The van der Waals surface area contributed by atoms with Gasteiger partial charge in [0.25, 0.3) is 0 Å². The van der Waals surface area contributed by atoms with Crippen LogP contribution in [0.2, 0.25) is 0 Å². The minimum absolute atomic E-state index is 0.0815. The van der Waals surface area contributed by atoms with Crippen molar-refractivity contribution in [3.63, 3.8) is 0 Å². The maximum absolute atomic E-state index is 11.0. The van der Waals surface area contributed by atoms with Gasteiger partial charge >= 0.3 is 5.97 Å². The van der Waals surface area contributed by atoms with Crippen LogP contribution in [0, 0.1) is 0 Å². The van der Waals surface area contributed by atoms with Crippen LogP contribution < -0.4 is 0 Å². The standard InChI is InChI=1S/C13H26O4/c1-4-5-6-7-8-9-10-17-13(2,11-16-3)12(14)15/h4-11H2,1-3H3,(H,14,15). The molecule has 0 aliphatic carbocycles. The van der Waals surface area contributed by atoms with Crippen LogP contribution in [0.5, 0.6) is 0 Å². The number of hydrogen-bond donors (Lipinski definition) is 1. The number of aliphatic carboxylic acids is 1. The van der Waals surface area contributed by atoms with E-state index < -0.39 is 11.6 Å². The van der Waals surface area contributed by atoms with Gasteiger partial charge in [-0.05, 0) is 13.3 Å². The predicted molar refractivity (Wildman–Crippen MR) is 67.2 cm³/mol. The van der Waals surface area contributed by atoms with Crippen LogP contribution in [-0.4, -0.2) is 37.0 Å². The Morgan fingerprint density at radius 1 is 1.18 bits per heavy atom. The summed E-state index contributed by atoms with van der Waals surface area (Å²) in [7, 11) is 1.48. The van der Waals surface area contributed by atoms with Crippen LogP contribution in [0.4, 0.5) is 0 Å². The van der Waals surface area contributed by atoms with E-state index in [4.69, 9.17) is 14.6 Å². The molecule has 0 aromatic heterocycles. The van der Waals surface area contributed by atoms with Crippen molar-refractivity contribution in [3.05, 3.63) is 0 Å². The second kappa shape index (κ2) is 9.42.